The van der Waals surface area contributed by atoms with E-state index in [1.165, 1.54) is 41.5 Å². The van der Waals surface area contributed by atoms with Gasteiger partial charge < -0.3 is 23.5 Å². The summed E-state index contributed by atoms with van der Waals surface area (Å²) in [7, 11) is 0. The van der Waals surface area contributed by atoms with Crippen molar-refractivity contribution >= 4 is 29.3 Å². The highest BCUT2D eigenvalue weighted by Crippen LogP contribution is 2.33. The lowest BCUT2D eigenvalue weighted by atomic mass is 10.0. The van der Waals surface area contributed by atoms with Crippen LogP contribution in [0.2, 0.25) is 0 Å². The number of Topliss-reactive ketones (excluding diaryl/α,β-unsaturated/α-hetero) is 1. The molecular formula is C34H31NO8. The summed E-state index contributed by atoms with van der Waals surface area (Å²) < 4.78 is 21.6. The smallest absolute Gasteiger partial charge is 0.379 e. The van der Waals surface area contributed by atoms with Crippen LogP contribution in [0.4, 0.5) is 5.69 Å². The number of carbonyl (C=O) groups excluding carboxylic acids is 4. The van der Waals surface area contributed by atoms with Gasteiger partial charge in [-0.2, -0.15) is 0 Å². The first-order valence-electron chi connectivity index (χ1n) is 13.9. The van der Waals surface area contributed by atoms with Crippen LogP contribution in [0.1, 0.15) is 58.2 Å². The average Bonchev–Trinajstić information content (AvgIpc) is 3.67. The lowest BCUT2D eigenvalue weighted by molar-refractivity contribution is -0.147. The summed E-state index contributed by atoms with van der Waals surface area (Å²) in [5.41, 5.74) is 3.13. The van der Waals surface area contributed by atoms with E-state index >= 15 is 0 Å². The van der Waals surface area contributed by atoms with Gasteiger partial charge in [-0.3, -0.25) is 14.4 Å². The summed E-state index contributed by atoms with van der Waals surface area (Å²) in [5.74, 6) is -0.586. The van der Waals surface area contributed by atoms with Gasteiger partial charge in [0.15, 0.2) is 12.4 Å². The molecule has 1 aliphatic heterocycles. The Morgan fingerprint density at radius 3 is 2.35 bits per heavy atom. The van der Waals surface area contributed by atoms with Gasteiger partial charge in [-0.1, -0.05) is 26.0 Å². The number of anilines is 1. The Balaban J connectivity index is 1.13. The summed E-state index contributed by atoms with van der Waals surface area (Å²) in [4.78, 5) is 51.6. The normalized spacial score (nSPS) is 14.6. The van der Waals surface area contributed by atoms with Crippen LogP contribution in [-0.2, 0) is 14.3 Å². The number of furan rings is 1. The summed E-state index contributed by atoms with van der Waals surface area (Å²) >= 11 is 0. The van der Waals surface area contributed by atoms with Crippen LogP contribution >= 0.6 is 0 Å². The van der Waals surface area contributed by atoms with Crippen LogP contribution in [0.3, 0.4) is 0 Å². The number of ether oxygens (including phenoxy) is 3. The van der Waals surface area contributed by atoms with Crippen LogP contribution in [0, 0.1) is 12.8 Å². The van der Waals surface area contributed by atoms with E-state index in [1.807, 2.05) is 13.0 Å². The first-order valence-corrected chi connectivity index (χ1v) is 13.9. The van der Waals surface area contributed by atoms with Crippen molar-refractivity contribution in [1.82, 2.24) is 0 Å². The maximum atomic E-state index is 12.7. The van der Waals surface area contributed by atoms with Gasteiger partial charge in [-0.25, -0.2) is 4.79 Å². The molecule has 9 nitrogen and oxygen atoms in total. The van der Waals surface area contributed by atoms with Crippen molar-refractivity contribution in [3.63, 3.8) is 0 Å². The maximum Gasteiger partial charge on any atom is 0.379 e. The van der Waals surface area contributed by atoms with E-state index in [2.05, 4.69) is 26.0 Å². The number of nitrogens with zero attached hydrogens (tertiary/aromatic N) is 1. The SMILES string of the molecule is Cc1ccc(C(C)C)c(Oc2ccc(N3C[C@@H](C(=O)OCC(=O)c4ccc(OC(=O)c5ccco5)cc4)CC3=O)cc2)c1. The Hall–Kier alpha value is -5.18. The number of rotatable bonds is 10. The predicted molar refractivity (Wildman–Crippen MR) is 158 cm³/mol. The number of amides is 1. The van der Waals surface area contributed by atoms with E-state index in [-0.39, 0.29) is 35.9 Å². The molecule has 1 atom stereocenters. The first-order chi connectivity index (χ1) is 20.7. The van der Waals surface area contributed by atoms with Gasteiger partial charge in [0.25, 0.3) is 0 Å². The third kappa shape index (κ3) is 7.01. The fraction of sp³-hybridized carbons (Fsp3) is 0.235. The molecule has 0 radical (unpaired) electrons. The van der Waals surface area contributed by atoms with Crippen LogP contribution in [-0.4, -0.2) is 36.8 Å². The minimum Gasteiger partial charge on any atom is -0.457 e. The van der Waals surface area contributed by atoms with Crippen molar-refractivity contribution in [2.24, 2.45) is 5.92 Å². The summed E-state index contributed by atoms with van der Waals surface area (Å²) in [5, 5.41) is 0. The van der Waals surface area contributed by atoms with Crippen LogP contribution in [0.5, 0.6) is 17.2 Å². The van der Waals surface area contributed by atoms with Crippen molar-refractivity contribution in [3.8, 4) is 17.2 Å². The Bertz CT molecular complexity index is 1620. The quantitative estimate of drug-likeness (QED) is 0.118. The molecule has 1 aromatic heterocycles. The van der Waals surface area contributed by atoms with E-state index in [1.54, 1.807) is 30.3 Å². The Labute approximate surface area is 249 Å². The molecule has 9 heteroatoms. The summed E-state index contributed by atoms with van der Waals surface area (Å²) in [6.45, 7) is 5.91. The predicted octanol–water partition coefficient (Wildman–Crippen LogP) is 6.50. The molecule has 0 saturated carbocycles. The third-order valence-corrected chi connectivity index (χ3v) is 7.08. The Morgan fingerprint density at radius 1 is 0.953 bits per heavy atom. The number of esters is 2. The molecule has 0 unspecified atom stereocenters. The molecule has 0 N–H and O–H groups in total. The van der Waals surface area contributed by atoms with Crippen molar-refractivity contribution in [2.45, 2.75) is 33.1 Å². The fourth-order valence-corrected chi connectivity index (χ4v) is 4.74. The molecule has 43 heavy (non-hydrogen) atoms. The number of hydrogen-bond acceptors (Lipinski definition) is 8. The Morgan fingerprint density at radius 2 is 1.67 bits per heavy atom. The number of ketones is 1. The monoisotopic (exact) mass is 581 g/mol. The van der Waals surface area contributed by atoms with Crippen LogP contribution < -0.4 is 14.4 Å². The van der Waals surface area contributed by atoms with Gasteiger partial charge in [-0.05, 0) is 90.7 Å². The second-order valence-corrected chi connectivity index (χ2v) is 10.6. The van der Waals surface area contributed by atoms with Gasteiger partial charge in [-0.15, -0.1) is 0 Å². The number of hydrogen-bond donors (Lipinski definition) is 0. The lowest BCUT2D eigenvalue weighted by Crippen LogP contribution is -2.27. The molecule has 2 heterocycles. The highest BCUT2D eigenvalue weighted by atomic mass is 16.5. The zero-order valence-electron chi connectivity index (χ0n) is 24.1. The zero-order chi connectivity index (χ0) is 30.5. The molecule has 1 aliphatic rings. The molecular weight excluding hydrogens is 550 g/mol. The van der Waals surface area contributed by atoms with Crippen molar-refractivity contribution in [1.29, 1.82) is 0 Å². The molecule has 1 amide bonds. The second kappa shape index (κ2) is 12.8. The first kappa shape index (κ1) is 29.3. The average molecular weight is 582 g/mol. The molecule has 4 aromatic rings. The second-order valence-electron chi connectivity index (χ2n) is 10.6. The van der Waals surface area contributed by atoms with Crippen molar-refractivity contribution in [2.75, 3.05) is 18.1 Å². The molecule has 1 fully saturated rings. The van der Waals surface area contributed by atoms with Gasteiger partial charge in [0.05, 0.1) is 12.2 Å². The van der Waals surface area contributed by atoms with E-state index in [0.717, 1.165) is 16.9 Å². The summed E-state index contributed by atoms with van der Waals surface area (Å²) in [6, 6.07) is 22.2. The standard InChI is InChI=1S/C34H31NO8/c1-21(2)28-15-6-22(3)17-31(28)42-26-13-9-25(10-14-26)35-19-24(18-32(35)37)33(38)41-20-29(36)23-7-11-27(12-8-23)43-34(39)30-5-4-16-40-30/h4-17,21,24H,18-20H2,1-3H3/t24-/m0/s1. The summed E-state index contributed by atoms with van der Waals surface area (Å²) in [6.07, 6.45) is 1.35. The molecule has 5 rings (SSSR count). The van der Waals surface area contributed by atoms with E-state index in [4.69, 9.17) is 18.6 Å². The highest BCUT2D eigenvalue weighted by Gasteiger charge is 2.36. The molecule has 220 valence electrons. The van der Waals surface area contributed by atoms with E-state index < -0.39 is 30.2 Å². The van der Waals surface area contributed by atoms with Crippen molar-refractivity contribution < 1.29 is 37.8 Å². The molecule has 1 saturated heterocycles. The van der Waals surface area contributed by atoms with E-state index in [0.29, 0.717) is 17.4 Å². The molecule has 0 bridgehead atoms. The number of benzene rings is 3. The topological polar surface area (TPSA) is 112 Å². The van der Waals surface area contributed by atoms with Gasteiger partial charge in [0.1, 0.15) is 17.2 Å². The third-order valence-electron chi connectivity index (χ3n) is 7.08. The minimum atomic E-state index is -0.694. The zero-order valence-corrected chi connectivity index (χ0v) is 24.1. The van der Waals surface area contributed by atoms with Gasteiger partial charge in [0.2, 0.25) is 11.7 Å². The lowest BCUT2D eigenvalue weighted by Gasteiger charge is -2.18. The fourth-order valence-electron chi connectivity index (χ4n) is 4.74. The maximum absolute atomic E-state index is 12.7. The number of carbonyl (C=O) groups is 4. The van der Waals surface area contributed by atoms with Crippen LogP contribution in [0.15, 0.2) is 89.5 Å². The van der Waals surface area contributed by atoms with Gasteiger partial charge in [0, 0.05) is 24.2 Å². The largest absolute Gasteiger partial charge is 0.457 e. The molecule has 0 aliphatic carbocycles. The van der Waals surface area contributed by atoms with Crippen molar-refractivity contribution in [3.05, 3.63) is 108 Å². The van der Waals surface area contributed by atoms with E-state index in [9.17, 15) is 19.2 Å². The minimum absolute atomic E-state index is 0.0119. The molecule has 3 aromatic carbocycles. The highest BCUT2D eigenvalue weighted by molar-refractivity contribution is 6.01. The van der Waals surface area contributed by atoms with Gasteiger partial charge >= 0.3 is 11.9 Å². The number of aryl methyl sites for hydroxylation is 1. The Kier molecular flexibility index (Phi) is 8.71. The molecule has 0 spiro atoms. The van der Waals surface area contributed by atoms with Crippen LogP contribution in [0.25, 0.3) is 0 Å².